The van der Waals surface area contributed by atoms with E-state index in [9.17, 15) is 17.6 Å². The SMILES string of the molecule is CC(NS(=O)(=O)CCCC(=O)O)c1ccccc1F. The van der Waals surface area contributed by atoms with Crippen molar-refractivity contribution in [2.75, 3.05) is 5.75 Å². The van der Waals surface area contributed by atoms with Crippen LogP contribution in [-0.4, -0.2) is 25.2 Å². The second-order valence-electron chi connectivity index (χ2n) is 4.18. The number of carboxylic acid groups (broad SMARTS) is 1. The molecule has 1 atom stereocenters. The second-order valence-corrected chi connectivity index (χ2v) is 6.05. The Hall–Kier alpha value is -1.47. The predicted octanol–water partition coefficient (Wildman–Crippen LogP) is 1.67. The number of carboxylic acids is 1. The topological polar surface area (TPSA) is 83.5 Å². The highest BCUT2D eigenvalue weighted by atomic mass is 32.2. The monoisotopic (exact) mass is 289 g/mol. The van der Waals surface area contributed by atoms with Crippen LogP contribution in [0, 0.1) is 5.82 Å². The van der Waals surface area contributed by atoms with Gasteiger partial charge in [0.2, 0.25) is 10.0 Å². The number of benzene rings is 1. The van der Waals surface area contributed by atoms with E-state index in [1.54, 1.807) is 6.07 Å². The van der Waals surface area contributed by atoms with E-state index in [0.29, 0.717) is 0 Å². The Bertz CT molecular complexity index is 544. The number of halogens is 1. The van der Waals surface area contributed by atoms with Crippen LogP contribution < -0.4 is 4.72 Å². The Labute approximate surface area is 111 Å². The maximum Gasteiger partial charge on any atom is 0.303 e. The first kappa shape index (κ1) is 15.6. The van der Waals surface area contributed by atoms with Crippen LogP contribution in [0.2, 0.25) is 0 Å². The minimum absolute atomic E-state index is 0.0225. The molecule has 0 aliphatic carbocycles. The normalized spacial score (nSPS) is 13.2. The lowest BCUT2D eigenvalue weighted by atomic mass is 10.1. The number of nitrogens with one attached hydrogen (secondary N) is 1. The van der Waals surface area contributed by atoms with Gasteiger partial charge in [-0.1, -0.05) is 18.2 Å². The van der Waals surface area contributed by atoms with E-state index in [1.165, 1.54) is 25.1 Å². The summed E-state index contributed by atoms with van der Waals surface area (Å²) in [6.45, 7) is 1.53. The average molecular weight is 289 g/mol. The van der Waals surface area contributed by atoms with Gasteiger partial charge in [0, 0.05) is 18.0 Å². The van der Waals surface area contributed by atoms with Crippen molar-refractivity contribution in [2.24, 2.45) is 0 Å². The van der Waals surface area contributed by atoms with E-state index < -0.39 is 27.9 Å². The molecule has 5 nitrogen and oxygen atoms in total. The zero-order valence-electron chi connectivity index (χ0n) is 10.5. The molecule has 0 amide bonds. The van der Waals surface area contributed by atoms with Crippen molar-refractivity contribution < 1.29 is 22.7 Å². The van der Waals surface area contributed by atoms with Gasteiger partial charge in [-0.25, -0.2) is 17.5 Å². The predicted molar refractivity (Wildman–Crippen MR) is 68.6 cm³/mol. The number of hydrogen-bond acceptors (Lipinski definition) is 3. The summed E-state index contributed by atoms with van der Waals surface area (Å²) in [6, 6.07) is 5.20. The Morgan fingerprint density at radius 2 is 2.05 bits per heavy atom. The molecule has 0 spiro atoms. The first-order valence-electron chi connectivity index (χ1n) is 5.78. The Morgan fingerprint density at radius 3 is 2.63 bits per heavy atom. The lowest BCUT2D eigenvalue weighted by Gasteiger charge is -2.15. The van der Waals surface area contributed by atoms with E-state index in [0.717, 1.165) is 0 Å². The van der Waals surface area contributed by atoms with Gasteiger partial charge in [0.15, 0.2) is 0 Å². The van der Waals surface area contributed by atoms with E-state index in [4.69, 9.17) is 5.11 Å². The molecule has 0 heterocycles. The molecule has 1 aromatic rings. The lowest BCUT2D eigenvalue weighted by molar-refractivity contribution is -0.137. The van der Waals surface area contributed by atoms with Crippen LogP contribution in [0.4, 0.5) is 4.39 Å². The molecule has 1 rings (SSSR count). The minimum Gasteiger partial charge on any atom is -0.481 e. The molecule has 2 N–H and O–H groups in total. The molecule has 0 aliphatic rings. The maximum atomic E-state index is 13.5. The molecule has 1 unspecified atom stereocenters. The number of sulfonamides is 1. The third-order valence-corrected chi connectivity index (χ3v) is 4.07. The Balaban J connectivity index is 2.63. The van der Waals surface area contributed by atoms with Crippen molar-refractivity contribution in [3.05, 3.63) is 35.6 Å². The smallest absolute Gasteiger partial charge is 0.303 e. The van der Waals surface area contributed by atoms with Gasteiger partial charge in [-0.2, -0.15) is 0 Å². The summed E-state index contributed by atoms with van der Waals surface area (Å²) < 4.78 is 39.1. The molecule has 0 aliphatic heterocycles. The molecular formula is C12H16FNO4S. The van der Waals surface area contributed by atoms with Crippen LogP contribution in [0.15, 0.2) is 24.3 Å². The molecule has 0 saturated heterocycles. The minimum atomic E-state index is -3.62. The van der Waals surface area contributed by atoms with Crippen LogP contribution in [0.1, 0.15) is 31.4 Å². The van der Waals surface area contributed by atoms with E-state index in [-0.39, 0.29) is 24.2 Å². The third kappa shape index (κ3) is 5.35. The Morgan fingerprint density at radius 1 is 1.42 bits per heavy atom. The van der Waals surface area contributed by atoms with Gasteiger partial charge in [-0.3, -0.25) is 4.79 Å². The largest absolute Gasteiger partial charge is 0.481 e. The van der Waals surface area contributed by atoms with Gasteiger partial charge in [-0.05, 0) is 19.4 Å². The highest BCUT2D eigenvalue weighted by Crippen LogP contribution is 2.17. The summed E-state index contributed by atoms with van der Waals surface area (Å²) >= 11 is 0. The molecule has 0 bridgehead atoms. The summed E-state index contributed by atoms with van der Waals surface area (Å²) in [4.78, 5) is 10.3. The van der Waals surface area contributed by atoms with Crippen molar-refractivity contribution >= 4 is 16.0 Å². The highest BCUT2D eigenvalue weighted by molar-refractivity contribution is 7.89. The molecular weight excluding hydrogens is 273 g/mol. The average Bonchev–Trinajstić information content (AvgIpc) is 2.27. The van der Waals surface area contributed by atoms with Crippen LogP contribution >= 0.6 is 0 Å². The van der Waals surface area contributed by atoms with Crippen LogP contribution in [0.3, 0.4) is 0 Å². The lowest BCUT2D eigenvalue weighted by Crippen LogP contribution is -2.29. The fourth-order valence-electron chi connectivity index (χ4n) is 1.63. The number of aliphatic carboxylic acids is 1. The van der Waals surface area contributed by atoms with Crippen LogP contribution in [0.5, 0.6) is 0 Å². The van der Waals surface area contributed by atoms with Gasteiger partial charge in [0.05, 0.1) is 5.75 Å². The number of carbonyl (C=O) groups is 1. The van der Waals surface area contributed by atoms with E-state index in [1.807, 2.05) is 0 Å². The first-order chi connectivity index (χ1) is 8.82. The maximum absolute atomic E-state index is 13.5. The third-order valence-electron chi connectivity index (χ3n) is 2.53. The van der Waals surface area contributed by atoms with Gasteiger partial charge < -0.3 is 5.11 Å². The zero-order valence-corrected chi connectivity index (χ0v) is 11.3. The first-order valence-corrected chi connectivity index (χ1v) is 7.43. The fraction of sp³-hybridized carbons (Fsp3) is 0.417. The van der Waals surface area contributed by atoms with E-state index in [2.05, 4.69) is 4.72 Å². The van der Waals surface area contributed by atoms with E-state index >= 15 is 0 Å². The summed E-state index contributed by atoms with van der Waals surface area (Å²) in [5, 5.41) is 8.44. The molecule has 19 heavy (non-hydrogen) atoms. The zero-order chi connectivity index (χ0) is 14.5. The van der Waals surface area contributed by atoms with Gasteiger partial charge in [0.25, 0.3) is 0 Å². The summed E-state index contributed by atoms with van der Waals surface area (Å²) in [7, 11) is -3.62. The second kappa shape index (κ2) is 6.63. The molecule has 7 heteroatoms. The molecule has 0 aromatic heterocycles. The van der Waals surface area contributed by atoms with Crippen molar-refractivity contribution in [2.45, 2.75) is 25.8 Å². The molecule has 0 fully saturated rings. The Kier molecular flexibility index (Phi) is 5.44. The summed E-state index contributed by atoms with van der Waals surface area (Å²) in [5.74, 6) is -1.82. The van der Waals surface area contributed by atoms with Crippen molar-refractivity contribution in [1.29, 1.82) is 0 Å². The molecule has 0 radical (unpaired) electrons. The molecule has 0 saturated carbocycles. The van der Waals surface area contributed by atoms with Crippen molar-refractivity contribution in [3.63, 3.8) is 0 Å². The molecule has 106 valence electrons. The van der Waals surface area contributed by atoms with Crippen LogP contribution in [-0.2, 0) is 14.8 Å². The number of hydrogen-bond donors (Lipinski definition) is 2. The van der Waals surface area contributed by atoms with Gasteiger partial charge in [0.1, 0.15) is 5.82 Å². The van der Waals surface area contributed by atoms with Crippen molar-refractivity contribution in [1.82, 2.24) is 4.72 Å². The fourth-order valence-corrected chi connectivity index (χ4v) is 2.94. The molecule has 1 aromatic carbocycles. The van der Waals surface area contributed by atoms with Gasteiger partial charge >= 0.3 is 5.97 Å². The highest BCUT2D eigenvalue weighted by Gasteiger charge is 2.18. The summed E-state index contributed by atoms with van der Waals surface area (Å²) in [5.41, 5.74) is 0.254. The van der Waals surface area contributed by atoms with Gasteiger partial charge in [-0.15, -0.1) is 0 Å². The van der Waals surface area contributed by atoms with Crippen molar-refractivity contribution in [3.8, 4) is 0 Å². The number of rotatable bonds is 7. The summed E-state index contributed by atoms with van der Waals surface area (Å²) in [6.07, 6.45) is -0.191. The van der Waals surface area contributed by atoms with Crippen LogP contribution in [0.25, 0.3) is 0 Å². The quantitative estimate of drug-likeness (QED) is 0.799. The standard InChI is InChI=1S/C12H16FNO4S/c1-9(10-5-2-3-6-11(10)13)14-19(17,18)8-4-7-12(15)16/h2-3,5-6,9,14H,4,7-8H2,1H3,(H,15,16).